The summed E-state index contributed by atoms with van der Waals surface area (Å²) in [7, 11) is 0. The van der Waals surface area contributed by atoms with Gasteiger partial charge < -0.3 is 0 Å². The largest absolute Gasteiger partial charge is 0.245 e. The second-order valence-corrected chi connectivity index (χ2v) is 4.26. The van der Waals surface area contributed by atoms with E-state index in [1.54, 1.807) is 11.3 Å². The Kier molecular flexibility index (Phi) is 2.00. The molecular formula is C13H9NS. The van der Waals surface area contributed by atoms with Crippen molar-refractivity contribution in [3.63, 3.8) is 0 Å². The van der Waals surface area contributed by atoms with Crippen LogP contribution in [0.5, 0.6) is 0 Å². The van der Waals surface area contributed by atoms with Crippen molar-refractivity contribution < 1.29 is 0 Å². The van der Waals surface area contributed by atoms with E-state index in [0.717, 1.165) is 5.01 Å². The third kappa shape index (κ3) is 1.43. The van der Waals surface area contributed by atoms with E-state index in [2.05, 4.69) is 47.4 Å². The first-order valence-corrected chi connectivity index (χ1v) is 5.71. The summed E-state index contributed by atoms with van der Waals surface area (Å²) >= 11 is 1.68. The SMILES string of the molecule is c1ccc2c(-c3nccs3)cccc2c1. The Morgan fingerprint density at radius 2 is 1.80 bits per heavy atom. The monoisotopic (exact) mass is 211 g/mol. The highest BCUT2D eigenvalue weighted by molar-refractivity contribution is 7.13. The van der Waals surface area contributed by atoms with Gasteiger partial charge >= 0.3 is 0 Å². The summed E-state index contributed by atoms with van der Waals surface area (Å²) in [5.41, 5.74) is 1.23. The minimum Gasteiger partial charge on any atom is -0.245 e. The molecule has 0 aliphatic heterocycles. The van der Waals surface area contributed by atoms with Crippen molar-refractivity contribution in [2.45, 2.75) is 0 Å². The molecule has 72 valence electrons. The maximum absolute atomic E-state index is 4.36. The van der Waals surface area contributed by atoms with Crippen molar-refractivity contribution in [3.05, 3.63) is 54.0 Å². The predicted molar refractivity (Wildman–Crippen MR) is 65.1 cm³/mol. The first-order valence-electron chi connectivity index (χ1n) is 4.83. The maximum atomic E-state index is 4.36. The summed E-state index contributed by atoms with van der Waals surface area (Å²) in [5, 5.41) is 5.64. The number of rotatable bonds is 1. The van der Waals surface area contributed by atoms with E-state index >= 15 is 0 Å². The summed E-state index contributed by atoms with van der Waals surface area (Å²) in [5.74, 6) is 0. The van der Waals surface area contributed by atoms with Crippen molar-refractivity contribution in [3.8, 4) is 10.6 Å². The lowest BCUT2D eigenvalue weighted by atomic mass is 10.1. The van der Waals surface area contributed by atoms with Crippen LogP contribution in [0, 0.1) is 0 Å². The number of nitrogens with zero attached hydrogens (tertiary/aromatic N) is 1. The Morgan fingerprint density at radius 3 is 2.67 bits per heavy atom. The molecule has 0 N–H and O–H groups in total. The van der Waals surface area contributed by atoms with E-state index in [1.807, 2.05) is 11.6 Å². The van der Waals surface area contributed by atoms with Gasteiger partial charge in [0.25, 0.3) is 0 Å². The van der Waals surface area contributed by atoms with E-state index in [9.17, 15) is 0 Å². The average Bonchev–Trinajstić information content (AvgIpc) is 2.82. The summed E-state index contributed by atoms with van der Waals surface area (Å²) in [4.78, 5) is 4.36. The van der Waals surface area contributed by atoms with Gasteiger partial charge in [0.15, 0.2) is 0 Å². The van der Waals surface area contributed by atoms with Crippen molar-refractivity contribution in [1.82, 2.24) is 4.98 Å². The van der Waals surface area contributed by atoms with Gasteiger partial charge in [-0.2, -0.15) is 0 Å². The zero-order chi connectivity index (χ0) is 10.1. The summed E-state index contributed by atoms with van der Waals surface area (Å²) in [6.45, 7) is 0. The first-order chi connectivity index (χ1) is 7.45. The third-order valence-electron chi connectivity index (χ3n) is 2.45. The first kappa shape index (κ1) is 8.62. The lowest BCUT2D eigenvalue weighted by Gasteiger charge is -2.02. The number of aromatic nitrogens is 1. The highest BCUT2D eigenvalue weighted by Gasteiger charge is 2.04. The highest BCUT2D eigenvalue weighted by atomic mass is 32.1. The van der Waals surface area contributed by atoms with Gasteiger partial charge in [-0.1, -0.05) is 42.5 Å². The molecule has 1 heterocycles. The fourth-order valence-corrected chi connectivity index (χ4v) is 2.45. The average molecular weight is 211 g/mol. The Labute approximate surface area is 92.0 Å². The normalized spacial score (nSPS) is 10.7. The molecule has 0 bridgehead atoms. The molecule has 0 spiro atoms. The fraction of sp³-hybridized carbons (Fsp3) is 0. The smallest absolute Gasteiger partial charge is 0.123 e. The van der Waals surface area contributed by atoms with Crippen molar-refractivity contribution >= 4 is 22.1 Å². The molecule has 0 aliphatic carbocycles. The second-order valence-electron chi connectivity index (χ2n) is 3.36. The van der Waals surface area contributed by atoms with Crippen molar-refractivity contribution in [2.75, 3.05) is 0 Å². The molecule has 1 aromatic heterocycles. The van der Waals surface area contributed by atoms with Crippen LogP contribution in [0.25, 0.3) is 21.3 Å². The third-order valence-corrected chi connectivity index (χ3v) is 3.26. The molecule has 3 rings (SSSR count). The molecule has 0 amide bonds. The van der Waals surface area contributed by atoms with Crippen LogP contribution in [-0.2, 0) is 0 Å². The van der Waals surface area contributed by atoms with Crippen LogP contribution < -0.4 is 0 Å². The van der Waals surface area contributed by atoms with E-state index in [1.165, 1.54) is 16.3 Å². The highest BCUT2D eigenvalue weighted by Crippen LogP contribution is 2.29. The van der Waals surface area contributed by atoms with Crippen LogP contribution in [0.2, 0.25) is 0 Å². The molecule has 1 nitrogen and oxygen atoms in total. The van der Waals surface area contributed by atoms with Crippen LogP contribution in [0.15, 0.2) is 54.0 Å². The molecule has 15 heavy (non-hydrogen) atoms. The molecule has 0 aliphatic rings. The molecule has 3 aromatic rings. The quantitative estimate of drug-likeness (QED) is 0.593. The lowest BCUT2D eigenvalue weighted by Crippen LogP contribution is -1.78. The number of fused-ring (bicyclic) bond motifs is 1. The minimum absolute atomic E-state index is 1.09. The number of hydrogen-bond donors (Lipinski definition) is 0. The van der Waals surface area contributed by atoms with E-state index in [0.29, 0.717) is 0 Å². The van der Waals surface area contributed by atoms with Gasteiger partial charge in [-0.25, -0.2) is 4.98 Å². The molecule has 0 fully saturated rings. The van der Waals surface area contributed by atoms with Gasteiger partial charge in [0.05, 0.1) is 0 Å². The molecule has 0 saturated carbocycles. The lowest BCUT2D eigenvalue weighted by molar-refractivity contribution is 1.42. The van der Waals surface area contributed by atoms with Crippen LogP contribution in [0.4, 0.5) is 0 Å². The van der Waals surface area contributed by atoms with E-state index < -0.39 is 0 Å². The zero-order valence-electron chi connectivity index (χ0n) is 8.05. The van der Waals surface area contributed by atoms with Crippen LogP contribution in [-0.4, -0.2) is 4.98 Å². The van der Waals surface area contributed by atoms with Crippen LogP contribution in [0.3, 0.4) is 0 Å². The van der Waals surface area contributed by atoms with Gasteiger partial charge in [0, 0.05) is 17.1 Å². The molecule has 0 radical (unpaired) electrons. The summed E-state index contributed by atoms with van der Waals surface area (Å²) < 4.78 is 0. The van der Waals surface area contributed by atoms with Gasteiger partial charge in [0.1, 0.15) is 5.01 Å². The number of thiazole rings is 1. The second kappa shape index (κ2) is 3.48. The Balaban J connectivity index is 2.36. The Bertz CT molecular complexity index is 579. The molecule has 0 saturated heterocycles. The van der Waals surface area contributed by atoms with Crippen LogP contribution in [0.1, 0.15) is 0 Å². The standard InChI is InChI=1S/C13H9NS/c1-2-6-11-10(4-1)5-3-7-12(11)13-14-8-9-15-13/h1-9H. The molecule has 0 unspecified atom stereocenters. The van der Waals surface area contributed by atoms with E-state index in [4.69, 9.17) is 0 Å². The van der Waals surface area contributed by atoms with Gasteiger partial charge in [-0.3, -0.25) is 0 Å². The van der Waals surface area contributed by atoms with Gasteiger partial charge in [0.2, 0.25) is 0 Å². The summed E-state index contributed by atoms with van der Waals surface area (Å²) in [6, 6.07) is 14.7. The van der Waals surface area contributed by atoms with Crippen LogP contribution >= 0.6 is 11.3 Å². The number of hydrogen-bond acceptors (Lipinski definition) is 2. The molecule has 0 atom stereocenters. The Morgan fingerprint density at radius 1 is 0.933 bits per heavy atom. The molecule has 2 aromatic carbocycles. The summed E-state index contributed by atoms with van der Waals surface area (Å²) in [6.07, 6.45) is 1.85. The Hall–Kier alpha value is -1.67. The zero-order valence-corrected chi connectivity index (χ0v) is 8.87. The topological polar surface area (TPSA) is 12.9 Å². The fourth-order valence-electron chi connectivity index (χ4n) is 1.77. The maximum Gasteiger partial charge on any atom is 0.123 e. The predicted octanol–water partition coefficient (Wildman–Crippen LogP) is 3.96. The molecule has 2 heteroatoms. The van der Waals surface area contributed by atoms with Gasteiger partial charge in [-0.05, 0) is 10.8 Å². The number of benzene rings is 2. The van der Waals surface area contributed by atoms with E-state index in [-0.39, 0.29) is 0 Å². The minimum atomic E-state index is 1.09. The van der Waals surface area contributed by atoms with Crippen molar-refractivity contribution in [2.24, 2.45) is 0 Å². The van der Waals surface area contributed by atoms with Crippen molar-refractivity contribution in [1.29, 1.82) is 0 Å². The van der Waals surface area contributed by atoms with Gasteiger partial charge in [-0.15, -0.1) is 11.3 Å². The molecular weight excluding hydrogens is 202 g/mol.